The molecule has 0 aromatic heterocycles. The van der Waals surface area contributed by atoms with Crippen molar-refractivity contribution in [1.29, 1.82) is 0 Å². The zero-order valence-corrected chi connectivity index (χ0v) is 6.32. The first-order valence-electron chi connectivity index (χ1n) is 2.82. The molecule has 0 saturated heterocycles. The van der Waals surface area contributed by atoms with Crippen molar-refractivity contribution in [3.05, 3.63) is 24.3 Å². The van der Waals surface area contributed by atoms with Crippen molar-refractivity contribution in [1.82, 2.24) is 0 Å². The highest BCUT2D eigenvalue weighted by Gasteiger charge is 2.01. The highest BCUT2D eigenvalue weighted by molar-refractivity contribution is 7.57. The van der Waals surface area contributed by atoms with Gasteiger partial charge in [0.05, 0.1) is 0 Å². The van der Waals surface area contributed by atoms with E-state index in [-0.39, 0.29) is 0 Å². The van der Waals surface area contributed by atoms with E-state index in [2.05, 4.69) is 0 Å². The van der Waals surface area contributed by atoms with Crippen molar-refractivity contribution in [3.63, 3.8) is 0 Å². The summed E-state index contributed by atoms with van der Waals surface area (Å²) >= 11 is 0. The molecule has 0 aliphatic carbocycles. The largest absolute Gasteiger partial charge is 0.807 e. The number of aromatic hydroxyl groups is 1. The second kappa shape index (κ2) is 2.66. The summed E-state index contributed by atoms with van der Waals surface area (Å²) in [6.07, 6.45) is 0. The molecule has 0 atom stereocenters. The Hall–Kier alpha value is -0.830. The third-order valence-corrected chi connectivity index (χ3v) is 2.15. The van der Waals surface area contributed by atoms with Crippen molar-refractivity contribution in [2.24, 2.45) is 0 Å². The van der Waals surface area contributed by atoms with E-state index in [1.165, 1.54) is 12.1 Å². The lowest BCUT2D eigenvalue weighted by Gasteiger charge is -2.30. The number of phenolic OH excluding ortho intramolecular Hbond substituents is 1. The van der Waals surface area contributed by atoms with Gasteiger partial charge in [-0.1, -0.05) is 18.2 Å². The molecule has 0 fully saturated rings. The second-order valence-electron chi connectivity index (χ2n) is 1.99. The molecule has 0 radical (unpaired) electrons. The molecular weight excluding hydrogens is 167 g/mol. The number of rotatable bonds is 1. The van der Waals surface area contributed by atoms with Gasteiger partial charge in [-0.3, -0.25) is 0 Å². The molecule has 0 spiro atoms. The Kier molecular flexibility index (Phi) is 2.00. The topological polar surface area (TPSA) is 83.4 Å². The van der Waals surface area contributed by atoms with Crippen LogP contribution in [-0.4, -0.2) is 5.11 Å². The van der Waals surface area contributed by atoms with E-state index in [1.54, 1.807) is 0 Å². The summed E-state index contributed by atoms with van der Waals surface area (Å²) in [7, 11) is -4.81. The Balaban J connectivity index is 3.25. The Bertz CT molecular complexity index is 303. The molecule has 0 aliphatic rings. The van der Waals surface area contributed by atoms with Gasteiger partial charge in [0.1, 0.15) is 5.75 Å². The molecule has 0 heterocycles. The second-order valence-corrected chi connectivity index (χ2v) is 3.46. The lowest BCUT2D eigenvalue weighted by atomic mass is 10.3. The summed E-state index contributed by atoms with van der Waals surface area (Å²) in [6.45, 7) is 0. The molecule has 0 saturated carbocycles. The van der Waals surface area contributed by atoms with Gasteiger partial charge in [0.2, 0.25) is 0 Å². The van der Waals surface area contributed by atoms with Crippen molar-refractivity contribution in [3.8, 4) is 5.75 Å². The van der Waals surface area contributed by atoms with Crippen molar-refractivity contribution >= 4 is 12.9 Å². The fraction of sp³-hybridized carbons (Fsp3) is 0. The van der Waals surface area contributed by atoms with Crippen LogP contribution < -0.4 is 15.1 Å². The Morgan fingerprint density at radius 3 is 2.18 bits per heavy atom. The summed E-state index contributed by atoms with van der Waals surface area (Å²) in [6, 6.07) is 5.03. The predicted molar refractivity (Wildman–Crippen MR) is 35.3 cm³/mol. The monoisotopic (exact) mass is 172 g/mol. The van der Waals surface area contributed by atoms with E-state index < -0.39 is 18.6 Å². The van der Waals surface area contributed by atoms with E-state index in [1.807, 2.05) is 0 Å². The fourth-order valence-electron chi connectivity index (χ4n) is 0.696. The maximum absolute atomic E-state index is 10.4. The maximum Gasteiger partial charge on any atom is 0.123 e. The highest BCUT2D eigenvalue weighted by atomic mass is 31.2. The van der Waals surface area contributed by atoms with Crippen LogP contribution in [0.15, 0.2) is 24.3 Å². The molecule has 1 N–H and O–H groups in total. The number of para-hydroxylation sites is 1. The zero-order chi connectivity index (χ0) is 8.48. The first-order valence-corrected chi connectivity index (χ1v) is 4.36. The quantitative estimate of drug-likeness (QED) is 0.546. The number of phenols is 1. The summed E-state index contributed by atoms with van der Waals surface area (Å²) in [5.41, 5.74) is 0. The molecule has 0 aliphatic heterocycles. The average Bonchev–Trinajstić information content (AvgIpc) is 1.86. The Labute approximate surface area is 63.3 Å². The third-order valence-electron chi connectivity index (χ3n) is 1.18. The molecule has 0 unspecified atom stereocenters. The minimum absolute atomic E-state index is 0.499. The number of hydrogen-bond donors (Lipinski definition) is 1. The zero-order valence-electron chi connectivity index (χ0n) is 5.43. The third kappa shape index (κ3) is 1.80. The molecule has 1 aromatic rings. The van der Waals surface area contributed by atoms with E-state index in [4.69, 9.17) is 5.11 Å². The van der Waals surface area contributed by atoms with Crippen LogP contribution in [0.3, 0.4) is 0 Å². The highest BCUT2D eigenvalue weighted by Crippen LogP contribution is 2.26. The van der Waals surface area contributed by atoms with Gasteiger partial charge in [-0.2, -0.15) is 0 Å². The summed E-state index contributed by atoms with van der Waals surface area (Å²) in [4.78, 5) is 20.7. The van der Waals surface area contributed by atoms with Crippen LogP contribution in [0.2, 0.25) is 0 Å². The Morgan fingerprint density at radius 1 is 1.27 bits per heavy atom. The van der Waals surface area contributed by atoms with Crippen LogP contribution >= 0.6 is 7.60 Å². The first kappa shape index (κ1) is 8.27. The minimum Gasteiger partial charge on any atom is -0.807 e. The van der Waals surface area contributed by atoms with Crippen LogP contribution in [0.1, 0.15) is 0 Å². The van der Waals surface area contributed by atoms with Gasteiger partial charge in [0.15, 0.2) is 0 Å². The lowest BCUT2D eigenvalue weighted by Crippen LogP contribution is -2.24. The minimum atomic E-state index is -4.81. The molecule has 1 rings (SSSR count). The van der Waals surface area contributed by atoms with Gasteiger partial charge in [-0.25, -0.2) is 0 Å². The van der Waals surface area contributed by atoms with Crippen molar-refractivity contribution in [2.75, 3.05) is 0 Å². The standard InChI is InChI=1S/C6H7O4P/c7-5-3-1-2-4-6(5)11(8,9)10/h1-4,7H,(H2,8,9,10)/p-2. The van der Waals surface area contributed by atoms with Gasteiger partial charge < -0.3 is 19.5 Å². The van der Waals surface area contributed by atoms with E-state index in [0.717, 1.165) is 12.1 Å². The Morgan fingerprint density at radius 2 is 1.82 bits per heavy atom. The molecule has 0 amide bonds. The SMILES string of the molecule is O=P([O-])([O-])c1ccccc1O. The maximum atomic E-state index is 10.4. The van der Waals surface area contributed by atoms with Crippen LogP contribution in [-0.2, 0) is 4.57 Å². The summed E-state index contributed by atoms with van der Waals surface area (Å²) in [5, 5.41) is 8.32. The van der Waals surface area contributed by atoms with Crippen molar-refractivity contribution in [2.45, 2.75) is 0 Å². The molecule has 5 heteroatoms. The lowest BCUT2D eigenvalue weighted by molar-refractivity contribution is -0.308. The van der Waals surface area contributed by atoms with Gasteiger partial charge in [-0.15, -0.1) is 0 Å². The summed E-state index contributed by atoms with van der Waals surface area (Å²) < 4.78 is 10.4. The van der Waals surface area contributed by atoms with E-state index in [0.29, 0.717) is 0 Å². The molecular formula is C6H5O4P-2. The number of hydrogen-bond acceptors (Lipinski definition) is 4. The van der Waals surface area contributed by atoms with Gasteiger partial charge in [-0.05, 0) is 13.7 Å². The van der Waals surface area contributed by atoms with Crippen LogP contribution in [0.25, 0.3) is 0 Å². The van der Waals surface area contributed by atoms with Crippen LogP contribution in [0.4, 0.5) is 0 Å². The van der Waals surface area contributed by atoms with Gasteiger partial charge in [0, 0.05) is 5.30 Å². The molecule has 0 bridgehead atoms. The normalized spacial score (nSPS) is 11.5. The van der Waals surface area contributed by atoms with Crippen LogP contribution in [0, 0.1) is 0 Å². The van der Waals surface area contributed by atoms with Gasteiger partial charge in [0.25, 0.3) is 0 Å². The van der Waals surface area contributed by atoms with Gasteiger partial charge >= 0.3 is 0 Å². The summed E-state index contributed by atoms with van der Waals surface area (Å²) in [5.74, 6) is -0.499. The first-order chi connectivity index (χ1) is 5.02. The average molecular weight is 172 g/mol. The van der Waals surface area contributed by atoms with Crippen LogP contribution in [0.5, 0.6) is 5.75 Å². The molecule has 4 nitrogen and oxygen atoms in total. The fourth-order valence-corrected chi connectivity index (χ4v) is 1.32. The smallest absolute Gasteiger partial charge is 0.123 e. The molecule has 1 aromatic carbocycles. The van der Waals surface area contributed by atoms with E-state index in [9.17, 15) is 14.4 Å². The number of benzene rings is 1. The van der Waals surface area contributed by atoms with Crippen molar-refractivity contribution < 1.29 is 19.5 Å². The molecule has 11 heavy (non-hydrogen) atoms. The predicted octanol–water partition coefficient (Wildman–Crippen LogP) is -1.07. The van der Waals surface area contributed by atoms with E-state index >= 15 is 0 Å². The molecule has 60 valence electrons.